The third kappa shape index (κ3) is 3.08. The number of halogens is 1. The summed E-state index contributed by atoms with van der Waals surface area (Å²) in [5.74, 6) is 1.49. The van der Waals surface area contributed by atoms with Crippen LogP contribution in [0.1, 0.15) is 30.1 Å². The van der Waals surface area contributed by atoms with Gasteiger partial charge in [0.2, 0.25) is 0 Å². The van der Waals surface area contributed by atoms with E-state index in [0.717, 1.165) is 41.9 Å². The molecule has 3 aromatic rings. The van der Waals surface area contributed by atoms with E-state index >= 15 is 0 Å². The summed E-state index contributed by atoms with van der Waals surface area (Å²) in [4.78, 5) is 9.34. The van der Waals surface area contributed by atoms with Crippen molar-refractivity contribution in [2.24, 2.45) is 0 Å². The number of nitrogens with zero attached hydrogens (tertiary/aromatic N) is 4. The molecule has 2 heterocycles. The second kappa shape index (κ2) is 6.53. The summed E-state index contributed by atoms with van der Waals surface area (Å²) < 4.78 is 0. The Bertz CT molecular complexity index is 836. The van der Waals surface area contributed by atoms with Gasteiger partial charge in [-0.2, -0.15) is 0 Å². The Morgan fingerprint density at radius 1 is 1.04 bits per heavy atom. The first-order valence-corrected chi connectivity index (χ1v) is 8.34. The number of hydrogen-bond acceptors (Lipinski definition) is 5. The molecule has 1 aromatic carbocycles. The van der Waals surface area contributed by atoms with Crippen molar-refractivity contribution in [1.82, 2.24) is 20.2 Å². The summed E-state index contributed by atoms with van der Waals surface area (Å²) in [7, 11) is 0. The molecular formula is C18H16ClN5. The van der Waals surface area contributed by atoms with Crippen LogP contribution >= 0.6 is 11.6 Å². The van der Waals surface area contributed by atoms with E-state index in [1.807, 2.05) is 42.6 Å². The molecule has 0 saturated carbocycles. The van der Waals surface area contributed by atoms with E-state index in [2.05, 4.69) is 20.5 Å². The molecule has 1 N–H and O–H groups in total. The molecule has 0 aliphatic heterocycles. The highest BCUT2D eigenvalue weighted by molar-refractivity contribution is 6.29. The summed E-state index contributed by atoms with van der Waals surface area (Å²) in [6.45, 7) is 0. The fourth-order valence-electron chi connectivity index (χ4n) is 2.99. The summed E-state index contributed by atoms with van der Waals surface area (Å²) in [6.07, 6.45) is 5.01. The third-order valence-corrected chi connectivity index (χ3v) is 4.37. The van der Waals surface area contributed by atoms with Crippen LogP contribution in [-0.4, -0.2) is 20.2 Å². The zero-order valence-electron chi connectivity index (χ0n) is 13.0. The van der Waals surface area contributed by atoms with Crippen LogP contribution in [0.2, 0.25) is 5.15 Å². The lowest BCUT2D eigenvalue weighted by atomic mass is 9.92. The highest BCUT2D eigenvalue weighted by Crippen LogP contribution is 2.31. The highest BCUT2D eigenvalue weighted by Gasteiger charge is 2.23. The van der Waals surface area contributed by atoms with Gasteiger partial charge in [0.15, 0.2) is 11.0 Å². The Hall–Kier alpha value is -2.53. The summed E-state index contributed by atoms with van der Waals surface area (Å²) >= 11 is 5.79. The zero-order chi connectivity index (χ0) is 16.4. The molecule has 0 fully saturated rings. The van der Waals surface area contributed by atoms with Crippen molar-refractivity contribution in [3.8, 4) is 11.4 Å². The lowest BCUT2D eigenvalue weighted by Crippen LogP contribution is -2.20. The maximum absolute atomic E-state index is 5.79. The van der Waals surface area contributed by atoms with Gasteiger partial charge in [0.05, 0.1) is 6.04 Å². The standard InChI is InChI=1S/C18H16ClN5/c19-16-9-10-17(24-23-16)21-14-7-4-8-15-13(14)11-20-18(22-15)12-5-2-1-3-6-12/h1-3,5-6,9-11,14H,4,7-8H2,(H,21,24)/t14-/m1/s1. The second-order valence-electron chi connectivity index (χ2n) is 5.79. The molecule has 6 heteroatoms. The molecule has 120 valence electrons. The van der Waals surface area contributed by atoms with E-state index < -0.39 is 0 Å². The molecule has 0 amide bonds. The smallest absolute Gasteiger partial charge is 0.159 e. The van der Waals surface area contributed by atoms with Crippen LogP contribution in [-0.2, 0) is 6.42 Å². The quantitative estimate of drug-likeness (QED) is 0.780. The number of anilines is 1. The predicted octanol–water partition coefficient (Wildman–Crippen LogP) is 4.08. The molecular weight excluding hydrogens is 322 g/mol. The Morgan fingerprint density at radius 2 is 1.92 bits per heavy atom. The molecule has 5 nitrogen and oxygen atoms in total. The van der Waals surface area contributed by atoms with Crippen molar-refractivity contribution in [1.29, 1.82) is 0 Å². The van der Waals surface area contributed by atoms with E-state index in [1.165, 1.54) is 0 Å². The molecule has 0 saturated heterocycles. The second-order valence-corrected chi connectivity index (χ2v) is 6.18. The molecule has 4 rings (SSSR count). The predicted molar refractivity (Wildman–Crippen MR) is 93.8 cm³/mol. The van der Waals surface area contributed by atoms with Crippen molar-refractivity contribution < 1.29 is 0 Å². The molecule has 24 heavy (non-hydrogen) atoms. The van der Waals surface area contributed by atoms with E-state index in [4.69, 9.17) is 16.6 Å². The maximum atomic E-state index is 5.79. The van der Waals surface area contributed by atoms with Crippen molar-refractivity contribution >= 4 is 17.4 Å². The van der Waals surface area contributed by atoms with Crippen LogP contribution in [0.4, 0.5) is 5.82 Å². The van der Waals surface area contributed by atoms with Gasteiger partial charge in [-0.3, -0.25) is 0 Å². The number of benzene rings is 1. The van der Waals surface area contributed by atoms with E-state index in [9.17, 15) is 0 Å². The van der Waals surface area contributed by atoms with Gasteiger partial charge in [-0.15, -0.1) is 10.2 Å². The lowest BCUT2D eigenvalue weighted by molar-refractivity contribution is 0.582. The molecule has 1 atom stereocenters. The normalized spacial score (nSPS) is 16.5. The number of aryl methyl sites for hydroxylation is 1. The van der Waals surface area contributed by atoms with Crippen LogP contribution in [0.3, 0.4) is 0 Å². The molecule has 2 aromatic heterocycles. The first kappa shape index (κ1) is 15.0. The summed E-state index contributed by atoms with van der Waals surface area (Å²) in [5, 5.41) is 11.8. The minimum absolute atomic E-state index is 0.147. The molecule has 1 aliphatic carbocycles. The number of aromatic nitrogens is 4. The minimum atomic E-state index is 0.147. The van der Waals surface area contributed by atoms with Crippen LogP contribution in [0.5, 0.6) is 0 Å². The van der Waals surface area contributed by atoms with Gasteiger partial charge in [0.1, 0.15) is 5.82 Å². The number of fused-ring (bicyclic) bond motifs is 1. The zero-order valence-corrected chi connectivity index (χ0v) is 13.7. The molecule has 0 radical (unpaired) electrons. The number of rotatable bonds is 3. The van der Waals surface area contributed by atoms with Gasteiger partial charge in [0, 0.05) is 23.0 Å². The fourth-order valence-corrected chi connectivity index (χ4v) is 3.10. The van der Waals surface area contributed by atoms with E-state index in [-0.39, 0.29) is 6.04 Å². The third-order valence-electron chi connectivity index (χ3n) is 4.17. The van der Waals surface area contributed by atoms with Crippen molar-refractivity contribution in [2.45, 2.75) is 25.3 Å². The number of hydrogen-bond donors (Lipinski definition) is 1. The average Bonchev–Trinajstić information content (AvgIpc) is 2.64. The average molecular weight is 338 g/mol. The summed E-state index contributed by atoms with van der Waals surface area (Å²) in [5.41, 5.74) is 3.28. The van der Waals surface area contributed by atoms with Gasteiger partial charge < -0.3 is 5.32 Å². The van der Waals surface area contributed by atoms with Crippen molar-refractivity contribution in [3.63, 3.8) is 0 Å². The van der Waals surface area contributed by atoms with Gasteiger partial charge in [0.25, 0.3) is 0 Å². The van der Waals surface area contributed by atoms with Crippen LogP contribution < -0.4 is 5.32 Å². The summed E-state index contributed by atoms with van der Waals surface area (Å²) in [6, 6.07) is 13.8. The van der Waals surface area contributed by atoms with Crippen molar-refractivity contribution in [2.75, 3.05) is 5.32 Å². The molecule has 0 spiro atoms. The van der Waals surface area contributed by atoms with Crippen molar-refractivity contribution in [3.05, 3.63) is 65.1 Å². The highest BCUT2D eigenvalue weighted by atomic mass is 35.5. The van der Waals surface area contributed by atoms with E-state index in [0.29, 0.717) is 11.0 Å². The molecule has 1 aliphatic rings. The van der Waals surface area contributed by atoms with E-state index in [1.54, 1.807) is 6.07 Å². The van der Waals surface area contributed by atoms with Gasteiger partial charge in [-0.1, -0.05) is 41.9 Å². The van der Waals surface area contributed by atoms with Gasteiger partial charge >= 0.3 is 0 Å². The Morgan fingerprint density at radius 3 is 2.71 bits per heavy atom. The lowest BCUT2D eigenvalue weighted by Gasteiger charge is -2.25. The largest absolute Gasteiger partial charge is 0.362 e. The first-order chi connectivity index (χ1) is 11.8. The Balaban J connectivity index is 1.62. The topological polar surface area (TPSA) is 63.6 Å². The van der Waals surface area contributed by atoms with Gasteiger partial charge in [-0.25, -0.2) is 9.97 Å². The van der Waals surface area contributed by atoms with Crippen LogP contribution in [0, 0.1) is 0 Å². The van der Waals surface area contributed by atoms with Gasteiger partial charge in [-0.05, 0) is 31.4 Å². The number of nitrogens with one attached hydrogen (secondary N) is 1. The Kier molecular flexibility index (Phi) is 4.09. The first-order valence-electron chi connectivity index (χ1n) is 7.96. The molecule has 0 unspecified atom stereocenters. The minimum Gasteiger partial charge on any atom is -0.362 e. The van der Waals surface area contributed by atoms with Crippen LogP contribution in [0.25, 0.3) is 11.4 Å². The maximum Gasteiger partial charge on any atom is 0.159 e. The SMILES string of the molecule is Clc1ccc(N[C@@H]2CCCc3nc(-c4ccccc4)ncc32)nn1. The molecule has 0 bridgehead atoms. The fraction of sp³-hybridized carbons (Fsp3) is 0.222. The van der Waals surface area contributed by atoms with Crippen LogP contribution in [0.15, 0.2) is 48.7 Å². The Labute approximate surface area is 145 Å². The monoisotopic (exact) mass is 337 g/mol.